The van der Waals surface area contributed by atoms with Crippen molar-refractivity contribution in [1.82, 2.24) is 0 Å². The fourth-order valence-electron chi connectivity index (χ4n) is 1.50. The van der Waals surface area contributed by atoms with Gasteiger partial charge in [0.15, 0.2) is 0 Å². The lowest BCUT2D eigenvalue weighted by atomic mass is 10.0. The number of alkyl halides is 2. The molecule has 0 aliphatic heterocycles. The molecule has 0 aromatic heterocycles. The van der Waals surface area contributed by atoms with E-state index in [-0.39, 0.29) is 0 Å². The summed E-state index contributed by atoms with van der Waals surface area (Å²) in [5, 5.41) is 9.74. The molecule has 0 aliphatic carbocycles. The van der Waals surface area contributed by atoms with Crippen molar-refractivity contribution >= 4 is 23.2 Å². The number of aryl methyl sites for hydroxylation is 2. The molecular weight excluding hydrogens is 231 g/mol. The standard InChI is InChI=1S/C12H16Cl2O/c13-7-1-3-10-5-6-11(4-2-8-14)12(15)9-10/h5-6,9,15H,1-4,7-8H2. The Hall–Kier alpha value is -0.400. The molecule has 84 valence electrons. The summed E-state index contributed by atoms with van der Waals surface area (Å²) in [4.78, 5) is 0. The maximum absolute atomic E-state index is 9.74. The van der Waals surface area contributed by atoms with Gasteiger partial charge in [-0.15, -0.1) is 23.2 Å². The Morgan fingerprint density at radius 2 is 1.67 bits per heavy atom. The third kappa shape index (κ3) is 4.31. The minimum atomic E-state index is 0.382. The molecule has 1 rings (SSSR count). The van der Waals surface area contributed by atoms with Gasteiger partial charge in [0.1, 0.15) is 5.75 Å². The van der Waals surface area contributed by atoms with Crippen LogP contribution in [0.5, 0.6) is 5.75 Å². The molecule has 3 heteroatoms. The highest BCUT2D eigenvalue weighted by molar-refractivity contribution is 6.18. The van der Waals surface area contributed by atoms with Crippen molar-refractivity contribution in [2.45, 2.75) is 25.7 Å². The van der Waals surface area contributed by atoms with Crippen LogP contribution in [0.4, 0.5) is 0 Å². The van der Waals surface area contributed by atoms with Crippen molar-refractivity contribution in [1.29, 1.82) is 0 Å². The highest BCUT2D eigenvalue weighted by Gasteiger charge is 2.02. The van der Waals surface area contributed by atoms with Gasteiger partial charge < -0.3 is 5.11 Å². The molecule has 1 nitrogen and oxygen atoms in total. The normalized spacial score (nSPS) is 10.5. The van der Waals surface area contributed by atoms with Crippen LogP contribution in [0.1, 0.15) is 24.0 Å². The van der Waals surface area contributed by atoms with Crippen LogP contribution >= 0.6 is 23.2 Å². The van der Waals surface area contributed by atoms with E-state index in [0.29, 0.717) is 17.5 Å². The lowest BCUT2D eigenvalue weighted by Gasteiger charge is -2.06. The lowest BCUT2D eigenvalue weighted by Crippen LogP contribution is -1.91. The molecule has 1 aromatic carbocycles. The molecule has 0 fully saturated rings. The zero-order valence-electron chi connectivity index (χ0n) is 8.68. The van der Waals surface area contributed by atoms with Gasteiger partial charge in [0, 0.05) is 11.8 Å². The number of phenols is 1. The van der Waals surface area contributed by atoms with Crippen LogP contribution in [-0.4, -0.2) is 16.9 Å². The molecule has 0 spiro atoms. The van der Waals surface area contributed by atoms with Crippen molar-refractivity contribution in [3.63, 3.8) is 0 Å². The van der Waals surface area contributed by atoms with Crippen LogP contribution in [0.2, 0.25) is 0 Å². The maximum Gasteiger partial charge on any atom is 0.119 e. The number of benzene rings is 1. The van der Waals surface area contributed by atoms with Crippen molar-refractivity contribution in [2.75, 3.05) is 11.8 Å². The van der Waals surface area contributed by atoms with Gasteiger partial charge in [-0.05, 0) is 42.9 Å². The van der Waals surface area contributed by atoms with Crippen LogP contribution in [0.25, 0.3) is 0 Å². The van der Waals surface area contributed by atoms with Crippen LogP contribution in [-0.2, 0) is 12.8 Å². The first-order chi connectivity index (χ1) is 7.27. The molecule has 1 aromatic rings. The summed E-state index contributed by atoms with van der Waals surface area (Å²) in [7, 11) is 0. The molecule has 0 bridgehead atoms. The first-order valence-corrected chi connectivity index (χ1v) is 6.27. The third-order valence-electron chi connectivity index (χ3n) is 2.33. The van der Waals surface area contributed by atoms with Crippen LogP contribution in [0.15, 0.2) is 18.2 Å². The average Bonchev–Trinajstić information content (AvgIpc) is 2.25. The number of phenolic OH excluding ortho intramolecular Hbond substituents is 1. The summed E-state index contributed by atoms with van der Waals surface area (Å²) in [5.41, 5.74) is 2.12. The number of halogens is 2. The van der Waals surface area contributed by atoms with Crippen molar-refractivity contribution in [3.8, 4) is 5.75 Å². The molecular formula is C12H16Cl2O. The van der Waals surface area contributed by atoms with Gasteiger partial charge in [-0.2, -0.15) is 0 Å². The Morgan fingerprint density at radius 3 is 2.27 bits per heavy atom. The van der Waals surface area contributed by atoms with E-state index >= 15 is 0 Å². The summed E-state index contributed by atoms with van der Waals surface area (Å²) in [5.74, 6) is 1.68. The van der Waals surface area contributed by atoms with Gasteiger partial charge in [0.2, 0.25) is 0 Å². The molecule has 0 unspecified atom stereocenters. The summed E-state index contributed by atoms with van der Waals surface area (Å²) in [6.45, 7) is 0. The van der Waals surface area contributed by atoms with Gasteiger partial charge in [-0.3, -0.25) is 0 Å². The van der Waals surface area contributed by atoms with E-state index in [4.69, 9.17) is 23.2 Å². The highest BCUT2D eigenvalue weighted by atomic mass is 35.5. The molecule has 15 heavy (non-hydrogen) atoms. The Kier molecular flexibility index (Phi) is 5.89. The third-order valence-corrected chi connectivity index (χ3v) is 2.86. The number of hydrogen-bond acceptors (Lipinski definition) is 1. The van der Waals surface area contributed by atoms with Crippen molar-refractivity contribution < 1.29 is 5.11 Å². The van der Waals surface area contributed by atoms with Gasteiger partial charge in [-0.25, -0.2) is 0 Å². The smallest absolute Gasteiger partial charge is 0.119 e. The van der Waals surface area contributed by atoms with Gasteiger partial charge in [0.25, 0.3) is 0 Å². The van der Waals surface area contributed by atoms with Crippen LogP contribution in [0.3, 0.4) is 0 Å². The van der Waals surface area contributed by atoms with Gasteiger partial charge >= 0.3 is 0 Å². The van der Waals surface area contributed by atoms with E-state index < -0.39 is 0 Å². The predicted molar refractivity (Wildman–Crippen MR) is 66.2 cm³/mol. The largest absolute Gasteiger partial charge is 0.508 e. The van der Waals surface area contributed by atoms with Gasteiger partial charge in [-0.1, -0.05) is 12.1 Å². The Bertz CT molecular complexity index is 300. The zero-order chi connectivity index (χ0) is 11.1. The first-order valence-electron chi connectivity index (χ1n) is 5.20. The second-order valence-corrected chi connectivity index (χ2v) is 4.30. The quantitative estimate of drug-likeness (QED) is 0.759. The number of hydrogen-bond donors (Lipinski definition) is 1. The number of aromatic hydroxyl groups is 1. The molecule has 0 aliphatic rings. The Labute approximate surface area is 101 Å². The van der Waals surface area contributed by atoms with E-state index in [0.717, 1.165) is 36.8 Å². The average molecular weight is 247 g/mol. The second kappa shape index (κ2) is 6.97. The number of rotatable bonds is 6. The molecule has 0 heterocycles. The first kappa shape index (κ1) is 12.7. The molecule has 1 N–H and O–H groups in total. The molecule has 0 saturated heterocycles. The molecule has 0 saturated carbocycles. The monoisotopic (exact) mass is 246 g/mol. The SMILES string of the molecule is Oc1cc(CCCCl)ccc1CCCCl. The van der Waals surface area contributed by atoms with Crippen molar-refractivity contribution in [3.05, 3.63) is 29.3 Å². The highest BCUT2D eigenvalue weighted by Crippen LogP contribution is 2.21. The van der Waals surface area contributed by atoms with E-state index in [9.17, 15) is 5.11 Å². The van der Waals surface area contributed by atoms with E-state index in [1.807, 2.05) is 12.1 Å². The predicted octanol–water partition coefficient (Wildman–Crippen LogP) is 3.74. The molecule has 0 amide bonds. The fourth-order valence-corrected chi connectivity index (χ4v) is 1.77. The summed E-state index contributed by atoms with van der Waals surface area (Å²) < 4.78 is 0. The lowest BCUT2D eigenvalue weighted by molar-refractivity contribution is 0.467. The zero-order valence-corrected chi connectivity index (χ0v) is 10.2. The minimum absolute atomic E-state index is 0.382. The second-order valence-electron chi connectivity index (χ2n) is 3.55. The van der Waals surface area contributed by atoms with E-state index in [2.05, 4.69) is 6.07 Å². The van der Waals surface area contributed by atoms with Crippen molar-refractivity contribution in [2.24, 2.45) is 0 Å². The Morgan fingerprint density at radius 1 is 1.00 bits per heavy atom. The fraction of sp³-hybridized carbons (Fsp3) is 0.500. The van der Waals surface area contributed by atoms with Crippen LogP contribution in [0, 0.1) is 0 Å². The minimum Gasteiger partial charge on any atom is -0.508 e. The van der Waals surface area contributed by atoms with E-state index in [1.165, 1.54) is 0 Å². The van der Waals surface area contributed by atoms with Gasteiger partial charge in [0.05, 0.1) is 0 Å². The molecule has 0 atom stereocenters. The Balaban J connectivity index is 2.61. The van der Waals surface area contributed by atoms with E-state index in [1.54, 1.807) is 0 Å². The maximum atomic E-state index is 9.74. The molecule has 0 radical (unpaired) electrons. The van der Waals surface area contributed by atoms with Crippen LogP contribution < -0.4 is 0 Å². The summed E-state index contributed by atoms with van der Waals surface area (Å²) in [6.07, 6.45) is 3.61. The topological polar surface area (TPSA) is 20.2 Å². The summed E-state index contributed by atoms with van der Waals surface area (Å²) in [6, 6.07) is 5.86. The summed E-state index contributed by atoms with van der Waals surface area (Å²) >= 11 is 11.2.